The van der Waals surface area contributed by atoms with Crippen molar-refractivity contribution in [3.63, 3.8) is 0 Å². The second-order valence-corrected chi connectivity index (χ2v) is 3.30. The van der Waals surface area contributed by atoms with Crippen LogP contribution in [-0.2, 0) is 16.1 Å². The second-order valence-electron chi connectivity index (χ2n) is 2.77. The topological polar surface area (TPSA) is 26.3 Å². The summed E-state index contributed by atoms with van der Waals surface area (Å²) in [6.45, 7) is 0.308. The molecule has 0 heterocycles. The van der Waals surface area contributed by atoms with Gasteiger partial charge in [0.15, 0.2) is 0 Å². The molecule has 0 aromatic heterocycles. The van der Waals surface area contributed by atoms with Crippen LogP contribution in [0.4, 0.5) is 0 Å². The minimum absolute atomic E-state index is 0.308. The molecule has 1 aromatic carbocycles. The number of halogens is 1. The van der Waals surface area contributed by atoms with E-state index in [4.69, 9.17) is 4.74 Å². The van der Waals surface area contributed by atoms with Crippen molar-refractivity contribution in [2.45, 2.75) is 6.61 Å². The number of carbonyl (C=O) groups excluding carboxylic acids is 1. The molecular formula is C12H11BrO2. The van der Waals surface area contributed by atoms with Gasteiger partial charge in [-0.1, -0.05) is 58.4 Å². The van der Waals surface area contributed by atoms with Crippen molar-refractivity contribution in [1.29, 1.82) is 0 Å². The molecule has 1 aromatic rings. The molecule has 2 nitrogen and oxygen atoms in total. The fraction of sp³-hybridized carbons (Fsp3) is 0.0833. The van der Waals surface area contributed by atoms with Gasteiger partial charge in [0.05, 0.1) is 0 Å². The van der Waals surface area contributed by atoms with Crippen molar-refractivity contribution >= 4 is 21.9 Å². The minimum atomic E-state index is -0.343. The van der Waals surface area contributed by atoms with Crippen molar-refractivity contribution in [3.8, 4) is 0 Å². The summed E-state index contributed by atoms with van der Waals surface area (Å²) in [4.78, 5) is 12.8. The first-order chi connectivity index (χ1) is 7.33. The molecule has 0 saturated carbocycles. The standard InChI is InChI=1S/C12H11BrO2/c13-9-5-4-8-12(14)15-10-11-6-2-1-3-7-11/h1-9H,10H2/b8-4+,9-5+. The van der Waals surface area contributed by atoms with Crippen LogP contribution in [0.5, 0.6) is 0 Å². The Morgan fingerprint density at radius 2 is 2.00 bits per heavy atom. The van der Waals surface area contributed by atoms with E-state index in [0.29, 0.717) is 6.61 Å². The highest BCUT2D eigenvalue weighted by Gasteiger charge is 1.96. The molecule has 0 fully saturated rings. The Morgan fingerprint density at radius 3 is 2.67 bits per heavy atom. The smallest absolute Gasteiger partial charge is 0.331 e. The first-order valence-corrected chi connectivity index (χ1v) is 5.38. The highest BCUT2D eigenvalue weighted by molar-refractivity contribution is 9.11. The summed E-state index contributed by atoms with van der Waals surface area (Å²) in [5.41, 5.74) is 0.982. The normalized spacial score (nSPS) is 11.0. The monoisotopic (exact) mass is 266 g/mol. The maximum Gasteiger partial charge on any atom is 0.331 e. The molecule has 0 saturated heterocycles. The fourth-order valence-electron chi connectivity index (χ4n) is 0.953. The number of hydrogen-bond donors (Lipinski definition) is 0. The molecular weight excluding hydrogens is 256 g/mol. The molecule has 1 rings (SSSR count). The molecule has 0 radical (unpaired) electrons. The maximum absolute atomic E-state index is 11.1. The molecule has 78 valence electrons. The van der Waals surface area contributed by atoms with E-state index < -0.39 is 0 Å². The van der Waals surface area contributed by atoms with Gasteiger partial charge in [0, 0.05) is 6.08 Å². The van der Waals surface area contributed by atoms with Crippen LogP contribution < -0.4 is 0 Å². The van der Waals surface area contributed by atoms with E-state index in [1.807, 2.05) is 30.3 Å². The van der Waals surface area contributed by atoms with Crippen molar-refractivity contribution in [1.82, 2.24) is 0 Å². The van der Waals surface area contributed by atoms with Crippen molar-refractivity contribution in [2.75, 3.05) is 0 Å². The molecule has 15 heavy (non-hydrogen) atoms. The zero-order valence-corrected chi connectivity index (χ0v) is 9.68. The highest BCUT2D eigenvalue weighted by Crippen LogP contribution is 2.00. The Bertz CT molecular complexity index is 355. The molecule has 0 amide bonds. The summed E-state index contributed by atoms with van der Waals surface area (Å²) in [6, 6.07) is 9.57. The minimum Gasteiger partial charge on any atom is -0.458 e. The lowest BCUT2D eigenvalue weighted by molar-refractivity contribution is -0.139. The molecule has 0 atom stereocenters. The lowest BCUT2D eigenvalue weighted by Gasteiger charge is -2.00. The number of hydrogen-bond acceptors (Lipinski definition) is 2. The van der Waals surface area contributed by atoms with E-state index >= 15 is 0 Å². The number of allylic oxidation sites excluding steroid dienone is 2. The number of carbonyl (C=O) groups is 1. The summed E-state index contributed by atoms with van der Waals surface area (Å²) in [6.07, 6.45) is 4.69. The molecule has 0 aliphatic rings. The highest BCUT2D eigenvalue weighted by atomic mass is 79.9. The van der Waals surface area contributed by atoms with Crippen LogP contribution in [0.3, 0.4) is 0 Å². The van der Waals surface area contributed by atoms with Gasteiger partial charge < -0.3 is 4.74 Å². The van der Waals surface area contributed by atoms with Gasteiger partial charge in [0.1, 0.15) is 6.61 Å². The maximum atomic E-state index is 11.1. The summed E-state index contributed by atoms with van der Waals surface area (Å²) in [5, 5.41) is 0. The quantitative estimate of drug-likeness (QED) is 0.475. The summed E-state index contributed by atoms with van der Waals surface area (Å²) in [7, 11) is 0. The van der Waals surface area contributed by atoms with Crippen molar-refractivity contribution < 1.29 is 9.53 Å². The Hall–Kier alpha value is -1.35. The van der Waals surface area contributed by atoms with Crippen LogP contribution in [0.15, 0.2) is 53.5 Å². The van der Waals surface area contributed by atoms with Crippen LogP contribution in [0.25, 0.3) is 0 Å². The number of esters is 1. The van der Waals surface area contributed by atoms with Gasteiger partial charge >= 0.3 is 5.97 Å². The van der Waals surface area contributed by atoms with E-state index in [1.54, 1.807) is 17.1 Å². The van der Waals surface area contributed by atoms with Gasteiger partial charge in [0.2, 0.25) is 0 Å². The van der Waals surface area contributed by atoms with E-state index in [9.17, 15) is 4.79 Å². The Balaban J connectivity index is 2.35. The van der Waals surface area contributed by atoms with Crippen molar-refractivity contribution in [2.24, 2.45) is 0 Å². The number of ether oxygens (including phenoxy) is 1. The molecule has 0 N–H and O–H groups in total. The molecule has 3 heteroatoms. The molecule has 0 spiro atoms. The summed E-state index contributed by atoms with van der Waals surface area (Å²) < 4.78 is 5.00. The van der Waals surface area contributed by atoms with Gasteiger partial charge in [-0.05, 0) is 10.5 Å². The fourth-order valence-corrected chi connectivity index (χ4v) is 1.13. The van der Waals surface area contributed by atoms with Gasteiger partial charge in [-0.15, -0.1) is 0 Å². The first-order valence-electron chi connectivity index (χ1n) is 4.47. The summed E-state index contributed by atoms with van der Waals surface area (Å²) >= 11 is 3.09. The third kappa shape index (κ3) is 5.18. The SMILES string of the molecule is O=C(/C=C/C=C/Br)OCc1ccccc1. The molecule has 0 bridgehead atoms. The predicted octanol–water partition coefficient (Wildman–Crippen LogP) is 3.19. The van der Waals surface area contributed by atoms with Crippen LogP contribution in [0.1, 0.15) is 5.56 Å². The van der Waals surface area contributed by atoms with E-state index in [0.717, 1.165) is 5.56 Å². The van der Waals surface area contributed by atoms with Gasteiger partial charge in [0.25, 0.3) is 0 Å². The van der Waals surface area contributed by atoms with Crippen molar-refractivity contribution in [3.05, 3.63) is 59.1 Å². The van der Waals surface area contributed by atoms with Gasteiger partial charge in [-0.2, -0.15) is 0 Å². The zero-order chi connectivity index (χ0) is 10.9. The van der Waals surface area contributed by atoms with Crippen LogP contribution in [-0.4, -0.2) is 5.97 Å². The van der Waals surface area contributed by atoms with Crippen LogP contribution in [0.2, 0.25) is 0 Å². The Morgan fingerprint density at radius 1 is 1.27 bits per heavy atom. The Labute approximate surface area is 97.4 Å². The molecule has 0 aliphatic carbocycles. The van der Waals surface area contributed by atoms with Gasteiger partial charge in [-0.3, -0.25) is 0 Å². The number of rotatable bonds is 4. The molecule has 0 aliphatic heterocycles. The van der Waals surface area contributed by atoms with Crippen LogP contribution in [0, 0.1) is 0 Å². The summed E-state index contributed by atoms with van der Waals surface area (Å²) in [5.74, 6) is -0.343. The zero-order valence-electron chi connectivity index (χ0n) is 8.10. The van der Waals surface area contributed by atoms with E-state index in [-0.39, 0.29) is 5.97 Å². The van der Waals surface area contributed by atoms with Crippen LogP contribution >= 0.6 is 15.9 Å². The van der Waals surface area contributed by atoms with Gasteiger partial charge in [-0.25, -0.2) is 4.79 Å². The second kappa shape index (κ2) is 7.01. The molecule has 0 unspecified atom stereocenters. The third-order valence-electron chi connectivity index (χ3n) is 1.64. The largest absolute Gasteiger partial charge is 0.458 e. The van der Waals surface area contributed by atoms with E-state index in [2.05, 4.69) is 15.9 Å². The lowest BCUT2D eigenvalue weighted by Crippen LogP contribution is -2.00. The van der Waals surface area contributed by atoms with E-state index in [1.165, 1.54) is 6.08 Å². The first kappa shape index (κ1) is 11.7. The predicted molar refractivity (Wildman–Crippen MR) is 63.4 cm³/mol. The average molecular weight is 267 g/mol. The third-order valence-corrected chi connectivity index (χ3v) is 1.95. The average Bonchev–Trinajstić information content (AvgIpc) is 2.28. The Kier molecular flexibility index (Phi) is 5.48. The number of benzene rings is 1. The lowest BCUT2D eigenvalue weighted by atomic mass is 10.2.